The number of carbonyl (C=O) groups excluding carboxylic acids is 1. The SMILES string of the molecule is Nc1ncnc2ccc(-c3ccc(CNc4ncc(S(=O)(=O)NCCO)cc4C(=O)NCc4ccc(F)c(F)c4)s3)cc12. The van der Waals surface area contributed by atoms with Crippen LogP contribution in [0.3, 0.4) is 0 Å². The van der Waals surface area contributed by atoms with Crippen LogP contribution in [0.1, 0.15) is 20.8 Å². The van der Waals surface area contributed by atoms with Gasteiger partial charge in [0.1, 0.15) is 22.9 Å². The van der Waals surface area contributed by atoms with E-state index >= 15 is 0 Å². The maximum atomic E-state index is 13.6. The van der Waals surface area contributed by atoms with E-state index in [4.69, 9.17) is 10.8 Å². The molecule has 5 aromatic rings. The van der Waals surface area contributed by atoms with Crippen LogP contribution in [-0.4, -0.2) is 47.5 Å². The van der Waals surface area contributed by atoms with Gasteiger partial charge in [0.2, 0.25) is 10.0 Å². The van der Waals surface area contributed by atoms with Crippen molar-refractivity contribution in [3.05, 3.63) is 94.8 Å². The van der Waals surface area contributed by atoms with Crippen molar-refractivity contribution in [2.45, 2.75) is 18.0 Å². The molecule has 11 nitrogen and oxygen atoms in total. The van der Waals surface area contributed by atoms with E-state index in [0.29, 0.717) is 11.4 Å². The normalized spacial score (nSPS) is 11.5. The van der Waals surface area contributed by atoms with Crippen molar-refractivity contribution in [2.24, 2.45) is 0 Å². The van der Waals surface area contributed by atoms with E-state index in [2.05, 4.69) is 30.3 Å². The van der Waals surface area contributed by atoms with Gasteiger partial charge in [0.25, 0.3) is 5.91 Å². The van der Waals surface area contributed by atoms with Crippen molar-refractivity contribution in [2.75, 3.05) is 24.2 Å². The fraction of sp³-hybridized carbons (Fsp3) is 0.143. The quantitative estimate of drug-likeness (QED) is 0.147. The average molecular weight is 626 g/mol. The van der Waals surface area contributed by atoms with Crippen LogP contribution >= 0.6 is 11.3 Å². The molecule has 2 aromatic carbocycles. The summed E-state index contributed by atoms with van der Waals surface area (Å²) in [5.41, 5.74) is 7.87. The number of benzene rings is 2. The second kappa shape index (κ2) is 12.7. The Labute approximate surface area is 248 Å². The molecule has 6 N–H and O–H groups in total. The number of nitrogens with two attached hydrogens (primary N) is 1. The smallest absolute Gasteiger partial charge is 0.255 e. The van der Waals surface area contributed by atoms with Crippen molar-refractivity contribution in [1.82, 2.24) is 25.0 Å². The standard InChI is InChI=1S/C28H25F2N7O4S2/c29-22-4-1-16(9-23(22)30)12-34-28(39)21-11-19(43(40,41)37-7-8-38)14-33-27(21)32-13-18-3-6-25(42-18)17-2-5-24-20(10-17)26(31)36-15-35-24/h1-6,9-11,14-15,37-38H,7-8,12-13H2,(H,32,33)(H,34,39)(H2,31,35,36). The van der Waals surface area contributed by atoms with Gasteiger partial charge in [0, 0.05) is 34.4 Å². The molecule has 0 spiro atoms. The number of carbonyl (C=O) groups is 1. The molecule has 0 radical (unpaired) electrons. The fourth-order valence-electron chi connectivity index (χ4n) is 4.13. The van der Waals surface area contributed by atoms with Crippen LogP contribution in [-0.2, 0) is 23.1 Å². The van der Waals surface area contributed by atoms with E-state index in [1.54, 1.807) is 0 Å². The number of amides is 1. The van der Waals surface area contributed by atoms with Gasteiger partial charge in [-0.2, -0.15) is 0 Å². The zero-order valence-electron chi connectivity index (χ0n) is 22.3. The summed E-state index contributed by atoms with van der Waals surface area (Å²) in [6.45, 7) is -0.534. The van der Waals surface area contributed by atoms with Crippen LogP contribution in [0, 0.1) is 11.6 Å². The summed E-state index contributed by atoms with van der Waals surface area (Å²) >= 11 is 1.49. The van der Waals surface area contributed by atoms with E-state index in [1.165, 1.54) is 23.7 Å². The number of nitrogens with one attached hydrogen (secondary N) is 3. The van der Waals surface area contributed by atoms with Crippen LogP contribution in [0.5, 0.6) is 0 Å². The number of nitrogen functional groups attached to an aromatic ring is 1. The van der Waals surface area contributed by atoms with Gasteiger partial charge in [-0.25, -0.2) is 36.9 Å². The highest BCUT2D eigenvalue weighted by atomic mass is 32.2. The number of rotatable bonds is 11. The third kappa shape index (κ3) is 6.91. The predicted octanol–water partition coefficient (Wildman–Crippen LogP) is 3.43. The van der Waals surface area contributed by atoms with E-state index in [1.807, 2.05) is 30.3 Å². The van der Waals surface area contributed by atoms with E-state index in [0.717, 1.165) is 50.6 Å². The Balaban J connectivity index is 1.37. The molecule has 0 aliphatic heterocycles. The van der Waals surface area contributed by atoms with Gasteiger partial charge < -0.3 is 21.5 Å². The summed E-state index contributed by atoms with van der Waals surface area (Å²) in [7, 11) is -4.07. The fourth-order valence-corrected chi connectivity index (χ4v) is 6.06. The Morgan fingerprint density at radius 1 is 0.977 bits per heavy atom. The summed E-state index contributed by atoms with van der Waals surface area (Å²) in [4.78, 5) is 27.2. The van der Waals surface area contributed by atoms with E-state index in [9.17, 15) is 22.0 Å². The number of pyridine rings is 1. The number of fused-ring (bicyclic) bond motifs is 1. The summed E-state index contributed by atoms with van der Waals surface area (Å²) in [5, 5.41) is 15.4. The van der Waals surface area contributed by atoms with Gasteiger partial charge in [0.05, 0.1) is 24.2 Å². The lowest BCUT2D eigenvalue weighted by atomic mass is 10.1. The summed E-state index contributed by atoms with van der Waals surface area (Å²) in [5.74, 6) is -2.29. The molecule has 1 amide bonds. The molecule has 0 atom stereocenters. The van der Waals surface area contributed by atoms with Crippen molar-refractivity contribution in [3.63, 3.8) is 0 Å². The summed E-state index contributed by atoms with van der Waals surface area (Å²) in [6.07, 6.45) is 2.50. The zero-order chi connectivity index (χ0) is 30.6. The average Bonchev–Trinajstić information content (AvgIpc) is 3.48. The maximum absolute atomic E-state index is 13.6. The molecule has 3 heterocycles. The highest BCUT2D eigenvalue weighted by Crippen LogP contribution is 2.32. The monoisotopic (exact) mass is 625 g/mol. The molecule has 15 heteroatoms. The molecule has 43 heavy (non-hydrogen) atoms. The number of thiophene rings is 1. The van der Waals surface area contributed by atoms with Crippen LogP contribution in [0.4, 0.5) is 20.4 Å². The molecular weight excluding hydrogens is 600 g/mol. The first-order valence-corrected chi connectivity index (χ1v) is 15.1. The highest BCUT2D eigenvalue weighted by Gasteiger charge is 2.21. The van der Waals surface area contributed by atoms with Crippen LogP contribution < -0.4 is 21.1 Å². The topological polar surface area (TPSA) is 172 Å². The second-order valence-corrected chi connectivity index (χ2v) is 12.2. The van der Waals surface area contributed by atoms with Crippen molar-refractivity contribution in [3.8, 4) is 10.4 Å². The molecule has 0 unspecified atom stereocenters. The first kappa shape index (κ1) is 29.9. The molecule has 0 aliphatic carbocycles. The number of sulfonamides is 1. The van der Waals surface area contributed by atoms with E-state index in [-0.39, 0.29) is 35.9 Å². The lowest BCUT2D eigenvalue weighted by Gasteiger charge is -2.13. The van der Waals surface area contributed by atoms with Gasteiger partial charge in [-0.15, -0.1) is 11.3 Å². The van der Waals surface area contributed by atoms with Gasteiger partial charge in [-0.1, -0.05) is 12.1 Å². The second-order valence-electron chi connectivity index (χ2n) is 9.23. The minimum Gasteiger partial charge on any atom is -0.395 e. The molecule has 0 saturated heterocycles. The van der Waals surface area contributed by atoms with E-state index < -0.39 is 34.2 Å². The van der Waals surface area contributed by atoms with Crippen LogP contribution in [0.2, 0.25) is 0 Å². The number of anilines is 2. The first-order chi connectivity index (χ1) is 20.6. The van der Waals surface area contributed by atoms with Crippen molar-refractivity contribution >= 4 is 49.8 Å². The molecule has 0 aliphatic rings. The minimum absolute atomic E-state index is 0.0868. The number of halogens is 2. The van der Waals surface area contributed by atoms with Gasteiger partial charge >= 0.3 is 0 Å². The lowest BCUT2D eigenvalue weighted by molar-refractivity contribution is 0.0951. The number of aliphatic hydroxyl groups excluding tert-OH is 1. The lowest BCUT2D eigenvalue weighted by Crippen LogP contribution is -2.28. The summed E-state index contributed by atoms with van der Waals surface area (Å²) in [6, 6.07) is 13.9. The van der Waals surface area contributed by atoms with Crippen molar-refractivity contribution < 1.29 is 27.1 Å². The maximum Gasteiger partial charge on any atom is 0.255 e. The Morgan fingerprint density at radius 2 is 1.81 bits per heavy atom. The molecule has 5 rings (SSSR count). The Morgan fingerprint density at radius 3 is 2.60 bits per heavy atom. The van der Waals surface area contributed by atoms with Crippen molar-refractivity contribution in [1.29, 1.82) is 0 Å². The Bertz CT molecular complexity index is 1920. The minimum atomic E-state index is -4.07. The number of hydrogen-bond acceptors (Lipinski definition) is 10. The highest BCUT2D eigenvalue weighted by molar-refractivity contribution is 7.89. The third-order valence-corrected chi connectivity index (χ3v) is 8.86. The third-order valence-electron chi connectivity index (χ3n) is 6.30. The molecule has 0 fully saturated rings. The number of aliphatic hydroxyl groups is 1. The summed E-state index contributed by atoms with van der Waals surface area (Å²) < 4.78 is 54.4. The zero-order valence-corrected chi connectivity index (χ0v) is 24.0. The van der Waals surface area contributed by atoms with Gasteiger partial charge in [-0.05, 0) is 53.6 Å². The molecule has 3 aromatic heterocycles. The largest absolute Gasteiger partial charge is 0.395 e. The number of nitrogens with zero attached hydrogens (tertiary/aromatic N) is 3. The van der Waals surface area contributed by atoms with Gasteiger partial charge in [0.15, 0.2) is 11.6 Å². The molecular formula is C28H25F2N7O4S2. The Hall–Kier alpha value is -4.57. The van der Waals surface area contributed by atoms with Gasteiger partial charge in [-0.3, -0.25) is 4.79 Å². The molecule has 0 saturated carbocycles. The number of aromatic nitrogens is 3. The van der Waals surface area contributed by atoms with Crippen LogP contribution in [0.15, 0.2) is 72.0 Å². The number of hydrogen-bond donors (Lipinski definition) is 5. The predicted molar refractivity (Wildman–Crippen MR) is 159 cm³/mol. The first-order valence-electron chi connectivity index (χ1n) is 12.8. The van der Waals surface area contributed by atoms with Crippen LogP contribution in [0.25, 0.3) is 21.3 Å². The Kier molecular flexibility index (Phi) is 8.86. The molecule has 0 bridgehead atoms. The molecule has 222 valence electrons.